The van der Waals surface area contributed by atoms with Crippen LogP contribution in [-0.2, 0) is 16.1 Å². The number of hydrogen-bond acceptors (Lipinski definition) is 4. The predicted molar refractivity (Wildman–Crippen MR) is 121 cm³/mol. The van der Waals surface area contributed by atoms with E-state index in [1.54, 1.807) is 0 Å². The van der Waals surface area contributed by atoms with Crippen molar-refractivity contribution in [3.63, 3.8) is 0 Å². The third kappa shape index (κ3) is 4.97. The Balaban J connectivity index is 1.35. The number of carbonyl (C=O) groups is 1. The summed E-state index contributed by atoms with van der Waals surface area (Å²) >= 11 is 0. The number of carbonyl (C=O) groups excluding carboxylic acids is 1. The molecule has 0 amide bonds. The molecule has 1 saturated heterocycles. The van der Waals surface area contributed by atoms with E-state index in [1.165, 1.54) is 68.4 Å². The van der Waals surface area contributed by atoms with E-state index in [4.69, 9.17) is 9.47 Å². The van der Waals surface area contributed by atoms with Gasteiger partial charge in [0, 0.05) is 25.0 Å². The number of methoxy groups -OCH3 is 1. The van der Waals surface area contributed by atoms with Gasteiger partial charge < -0.3 is 9.47 Å². The average Bonchev–Trinajstić information content (AvgIpc) is 2.75. The lowest BCUT2D eigenvalue weighted by Crippen LogP contribution is -2.49. The highest BCUT2D eigenvalue weighted by atomic mass is 16.5. The van der Waals surface area contributed by atoms with E-state index in [9.17, 15) is 4.79 Å². The van der Waals surface area contributed by atoms with Crippen LogP contribution in [0.2, 0.25) is 0 Å². The van der Waals surface area contributed by atoms with Crippen molar-refractivity contribution in [3.8, 4) is 5.75 Å². The van der Waals surface area contributed by atoms with Gasteiger partial charge in [0.15, 0.2) is 0 Å². The molecule has 2 aromatic carbocycles. The summed E-state index contributed by atoms with van der Waals surface area (Å²) < 4.78 is 11.3. The molecule has 0 N–H and O–H groups in total. The molecule has 1 heterocycles. The molecule has 0 bridgehead atoms. The number of fused-ring (bicyclic) bond motifs is 1. The normalized spacial score (nSPS) is 22.6. The van der Waals surface area contributed by atoms with Crippen LogP contribution >= 0.6 is 0 Å². The van der Waals surface area contributed by atoms with Crippen LogP contribution in [0.25, 0.3) is 10.8 Å². The van der Waals surface area contributed by atoms with Crippen LogP contribution in [0.4, 0.5) is 0 Å². The summed E-state index contributed by atoms with van der Waals surface area (Å²) in [6.45, 7) is 4.73. The highest BCUT2D eigenvalue weighted by Crippen LogP contribution is 2.34. The lowest BCUT2D eigenvalue weighted by atomic mass is 9.84. The lowest BCUT2D eigenvalue weighted by molar-refractivity contribution is -0.151. The highest BCUT2D eigenvalue weighted by Gasteiger charge is 2.33. The summed E-state index contributed by atoms with van der Waals surface area (Å²) in [5, 5.41) is 2.43. The van der Waals surface area contributed by atoms with Gasteiger partial charge in [-0.15, -0.1) is 0 Å². The monoisotopic (exact) mass is 409 g/mol. The second kappa shape index (κ2) is 9.82. The Labute approximate surface area is 180 Å². The van der Waals surface area contributed by atoms with Gasteiger partial charge in [-0.25, -0.2) is 0 Å². The maximum atomic E-state index is 11.6. The van der Waals surface area contributed by atoms with Crippen molar-refractivity contribution in [3.05, 3.63) is 42.0 Å². The summed E-state index contributed by atoms with van der Waals surface area (Å²) in [4.78, 5) is 13.9. The average molecular weight is 410 g/mol. The molecule has 2 aliphatic rings. The van der Waals surface area contributed by atoms with E-state index < -0.39 is 0 Å². The molecule has 4 nitrogen and oxygen atoms in total. The summed E-state index contributed by atoms with van der Waals surface area (Å²) in [5.74, 6) is 1.87. The number of unbranched alkanes of at least 4 members (excludes halogenated alkanes) is 1. The van der Waals surface area contributed by atoms with Gasteiger partial charge in [-0.1, -0.05) is 50.5 Å². The molecule has 0 radical (unpaired) electrons. The molecular weight excluding hydrogens is 374 g/mol. The predicted octanol–water partition coefficient (Wildman–Crippen LogP) is 5.57. The highest BCUT2D eigenvalue weighted by molar-refractivity contribution is 5.88. The van der Waals surface area contributed by atoms with Crippen molar-refractivity contribution in [1.82, 2.24) is 4.90 Å². The number of rotatable bonds is 8. The Morgan fingerprint density at radius 3 is 2.63 bits per heavy atom. The van der Waals surface area contributed by atoms with E-state index in [0.717, 1.165) is 31.3 Å². The van der Waals surface area contributed by atoms with Gasteiger partial charge in [0.2, 0.25) is 0 Å². The first-order chi connectivity index (χ1) is 14.7. The number of benzene rings is 2. The van der Waals surface area contributed by atoms with Crippen LogP contribution in [0.5, 0.6) is 5.75 Å². The molecule has 0 spiro atoms. The zero-order valence-electron chi connectivity index (χ0n) is 18.4. The molecule has 4 heteroatoms. The molecule has 0 atom stereocenters. The van der Waals surface area contributed by atoms with Crippen LogP contribution in [0, 0.1) is 11.8 Å². The van der Waals surface area contributed by atoms with E-state index in [1.807, 2.05) is 0 Å². The second-order valence-electron chi connectivity index (χ2n) is 9.13. The fourth-order valence-electron chi connectivity index (χ4n) is 4.99. The van der Waals surface area contributed by atoms with Crippen molar-refractivity contribution in [2.75, 3.05) is 20.2 Å². The minimum Gasteiger partial charge on any atom is -0.490 e. The van der Waals surface area contributed by atoms with Gasteiger partial charge in [-0.05, 0) is 54.7 Å². The molecule has 1 aliphatic heterocycles. The van der Waals surface area contributed by atoms with Crippen molar-refractivity contribution in [2.24, 2.45) is 11.8 Å². The summed E-state index contributed by atoms with van der Waals surface area (Å²) in [6, 6.07) is 13.0. The van der Waals surface area contributed by atoms with Crippen LogP contribution in [0.3, 0.4) is 0 Å². The standard InChI is InChI=1S/C26H35NO3/c1-3-4-6-19-9-12-23(13-10-19)30-25-8-5-7-21-15-20(11-14-24(21)25)16-27-17-22(18-27)26(28)29-2/h5,7-8,11,14-15,19,22-23H,3-4,6,9-10,12-13,16-18H2,1-2H3/t19-,23-. The molecule has 2 aromatic rings. The van der Waals surface area contributed by atoms with Crippen LogP contribution < -0.4 is 4.74 Å². The van der Waals surface area contributed by atoms with E-state index in [2.05, 4.69) is 48.2 Å². The molecule has 30 heavy (non-hydrogen) atoms. The van der Waals surface area contributed by atoms with Gasteiger partial charge in [-0.2, -0.15) is 0 Å². The van der Waals surface area contributed by atoms with Gasteiger partial charge in [-0.3, -0.25) is 9.69 Å². The third-order valence-electron chi connectivity index (χ3n) is 6.86. The zero-order valence-corrected chi connectivity index (χ0v) is 18.4. The van der Waals surface area contributed by atoms with Crippen LogP contribution in [0.1, 0.15) is 57.4 Å². The number of esters is 1. The minimum absolute atomic E-state index is 0.0347. The van der Waals surface area contributed by atoms with Crippen molar-refractivity contribution >= 4 is 16.7 Å². The Kier molecular flexibility index (Phi) is 6.93. The van der Waals surface area contributed by atoms with Gasteiger partial charge in [0.05, 0.1) is 19.1 Å². The number of hydrogen-bond donors (Lipinski definition) is 0. The van der Waals surface area contributed by atoms with E-state index in [-0.39, 0.29) is 11.9 Å². The number of likely N-dealkylation sites (tertiary alicyclic amines) is 1. The van der Waals surface area contributed by atoms with Crippen molar-refractivity contribution < 1.29 is 14.3 Å². The first kappa shape index (κ1) is 21.2. The first-order valence-corrected chi connectivity index (χ1v) is 11.6. The Morgan fingerprint density at radius 1 is 1.10 bits per heavy atom. The van der Waals surface area contributed by atoms with Crippen molar-refractivity contribution in [1.29, 1.82) is 0 Å². The third-order valence-corrected chi connectivity index (χ3v) is 6.86. The maximum absolute atomic E-state index is 11.6. The van der Waals surface area contributed by atoms with Crippen molar-refractivity contribution in [2.45, 2.75) is 64.5 Å². The van der Waals surface area contributed by atoms with Crippen LogP contribution in [0.15, 0.2) is 36.4 Å². The quantitative estimate of drug-likeness (QED) is 0.534. The SMILES string of the molecule is CCCC[C@H]1CC[C@H](Oc2cccc3cc(CN4CC(C(=O)OC)C4)ccc23)CC1. The minimum atomic E-state index is -0.0917. The Bertz CT molecular complexity index is 850. The van der Waals surface area contributed by atoms with Gasteiger partial charge in [0.25, 0.3) is 0 Å². The Morgan fingerprint density at radius 2 is 1.90 bits per heavy atom. The maximum Gasteiger partial charge on any atom is 0.311 e. The van der Waals surface area contributed by atoms with E-state index in [0.29, 0.717) is 6.10 Å². The molecule has 1 saturated carbocycles. The molecule has 2 fully saturated rings. The van der Waals surface area contributed by atoms with Crippen LogP contribution in [-0.4, -0.2) is 37.2 Å². The molecule has 162 valence electrons. The number of nitrogens with zero attached hydrogens (tertiary/aromatic N) is 1. The Hall–Kier alpha value is -2.07. The summed E-state index contributed by atoms with van der Waals surface area (Å²) in [7, 11) is 1.46. The fourth-order valence-corrected chi connectivity index (χ4v) is 4.99. The molecule has 0 unspecified atom stereocenters. The zero-order chi connectivity index (χ0) is 20.9. The molecule has 1 aliphatic carbocycles. The smallest absolute Gasteiger partial charge is 0.311 e. The van der Waals surface area contributed by atoms with E-state index >= 15 is 0 Å². The molecule has 0 aromatic heterocycles. The first-order valence-electron chi connectivity index (χ1n) is 11.6. The van der Waals surface area contributed by atoms with Gasteiger partial charge in [0.1, 0.15) is 5.75 Å². The van der Waals surface area contributed by atoms with Gasteiger partial charge >= 0.3 is 5.97 Å². The molecular formula is C26H35NO3. The molecule has 4 rings (SSSR count). The fraction of sp³-hybridized carbons (Fsp3) is 0.577. The second-order valence-corrected chi connectivity index (χ2v) is 9.13. The topological polar surface area (TPSA) is 38.8 Å². The summed E-state index contributed by atoms with van der Waals surface area (Å²) in [5.41, 5.74) is 1.28. The summed E-state index contributed by atoms with van der Waals surface area (Å²) in [6.07, 6.45) is 9.38. The lowest BCUT2D eigenvalue weighted by Gasteiger charge is -2.37. The number of ether oxygens (including phenoxy) is 2. The largest absolute Gasteiger partial charge is 0.490 e.